The van der Waals surface area contributed by atoms with Gasteiger partial charge < -0.3 is 19.2 Å². The number of rotatable bonds is 3. The van der Waals surface area contributed by atoms with E-state index in [0.29, 0.717) is 48.6 Å². The molecule has 3 heterocycles. The number of fused-ring (bicyclic) bond motifs is 2. The summed E-state index contributed by atoms with van der Waals surface area (Å²) in [5, 5.41) is 10.8. The van der Waals surface area contributed by atoms with Crippen molar-refractivity contribution >= 4 is 16.9 Å². The number of aliphatic hydroxyl groups is 1. The molecule has 154 valence electrons. The molecule has 1 amide bonds. The van der Waals surface area contributed by atoms with Crippen molar-refractivity contribution in [2.75, 3.05) is 32.9 Å². The van der Waals surface area contributed by atoms with Crippen molar-refractivity contribution < 1.29 is 19.1 Å². The Balaban J connectivity index is 1.46. The fourth-order valence-corrected chi connectivity index (χ4v) is 4.74. The van der Waals surface area contributed by atoms with Crippen LogP contribution in [0.25, 0.3) is 22.1 Å². The standard InChI is InChI=1S/C24H23NO5/c26-14-24-13-25(12-19(24)8-9-29-15-24)22(27)18-6-3-5-16(10-18)20-11-17-4-1-2-7-21(17)30-23(20)28/h1-7,10-11,19,26H,8-9,12-15H2/t19-,24+/m0/s1. The molecule has 2 fully saturated rings. The molecule has 0 unspecified atom stereocenters. The fraction of sp³-hybridized carbons (Fsp3) is 0.333. The molecule has 0 bridgehead atoms. The molecule has 2 aliphatic rings. The second-order valence-corrected chi connectivity index (χ2v) is 8.31. The summed E-state index contributed by atoms with van der Waals surface area (Å²) in [5.41, 5.74) is 1.34. The van der Waals surface area contributed by atoms with Crippen LogP contribution in [-0.2, 0) is 4.74 Å². The molecule has 0 saturated carbocycles. The van der Waals surface area contributed by atoms with Crippen LogP contribution in [0, 0.1) is 11.3 Å². The zero-order valence-corrected chi connectivity index (χ0v) is 16.5. The van der Waals surface area contributed by atoms with Crippen LogP contribution in [0.5, 0.6) is 0 Å². The lowest BCUT2D eigenvalue weighted by Gasteiger charge is -2.36. The van der Waals surface area contributed by atoms with Gasteiger partial charge in [0.2, 0.25) is 0 Å². The van der Waals surface area contributed by atoms with E-state index in [-0.39, 0.29) is 23.8 Å². The van der Waals surface area contributed by atoms with Crippen molar-refractivity contribution in [3.05, 3.63) is 70.6 Å². The van der Waals surface area contributed by atoms with Gasteiger partial charge in [0.25, 0.3) is 5.91 Å². The minimum absolute atomic E-state index is 0.0135. The number of amides is 1. The van der Waals surface area contributed by atoms with E-state index in [0.717, 1.165) is 11.8 Å². The molecule has 1 N–H and O–H groups in total. The smallest absolute Gasteiger partial charge is 0.344 e. The molecule has 1 aromatic heterocycles. The zero-order chi connectivity index (χ0) is 20.7. The largest absolute Gasteiger partial charge is 0.422 e. The number of hydrogen-bond donors (Lipinski definition) is 1. The molecule has 2 aromatic carbocycles. The van der Waals surface area contributed by atoms with Gasteiger partial charge in [-0.15, -0.1) is 0 Å². The van der Waals surface area contributed by atoms with Gasteiger partial charge in [-0.2, -0.15) is 0 Å². The predicted octanol–water partition coefficient (Wildman–Crippen LogP) is 2.93. The Morgan fingerprint density at radius 1 is 1.17 bits per heavy atom. The number of aliphatic hydroxyl groups excluding tert-OH is 1. The molecule has 2 atom stereocenters. The molecular weight excluding hydrogens is 382 g/mol. The molecule has 2 saturated heterocycles. The van der Waals surface area contributed by atoms with E-state index < -0.39 is 5.63 Å². The van der Waals surface area contributed by atoms with Crippen molar-refractivity contribution in [1.82, 2.24) is 4.90 Å². The van der Waals surface area contributed by atoms with Gasteiger partial charge in [0.1, 0.15) is 5.58 Å². The van der Waals surface area contributed by atoms with E-state index >= 15 is 0 Å². The lowest BCUT2D eigenvalue weighted by molar-refractivity contribution is -0.0556. The minimum Gasteiger partial charge on any atom is -0.422 e. The van der Waals surface area contributed by atoms with Gasteiger partial charge in [-0.25, -0.2) is 4.79 Å². The Kier molecular flexibility index (Phi) is 4.68. The average molecular weight is 405 g/mol. The van der Waals surface area contributed by atoms with Gasteiger partial charge in [-0.1, -0.05) is 30.3 Å². The highest BCUT2D eigenvalue weighted by Gasteiger charge is 2.49. The molecule has 0 radical (unpaired) electrons. The van der Waals surface area contributed by atoms with Gasteiger partial charge in [0, 0.05) is 36.1 Å². The maximum atomic E-state index is 13.2. The highest BCUT2D eigenvalue weighted by molar-refractivity contribution is 5.96. The van der Waals surface area contributed by atoms with E-state index in [1.807, 2.05) is 24.3 Å². The van der Waals surface area contributed by atoms with Crippen molar-refractivity contribution in [1.29, 1.82) is 0 Å². The van der Waals surface area contributed by atoms with Crippen molar-refractivity contribution in [2.24, 2.45) is 11.3 Å². The van der Waals surface area contributed by atoms with Crippen LogP contribution in [0.15, 0.2) is 63.8 Å². The Hall–Kier alpha value is -2.96. The number of nitrogens with zero attached hydrogens (tertiary/aromatic N) is 1. The van der Waals surface area contributed by atoms with Gasteiger partial charge in [-0.05, 0) is 42.2 Å². The topological polar surface area (TPSA) is 80.0 Å². The predicted molar refractivity (Wildman–Crippen MR) is 112 cm³/mol. The van der Waals surface area contributed by atoms with Crippen LogP contribution in [0.4, 0.5) is 0 Å². The highest BCUT2D eigenvalue weighted by Crippen LogP contribution is 2.41. The van der Waals surface area contributed by atoms with Gasteiger partial charge in [-0.3, -0.25) is 4.79 Å². The normalized spacial score (nSPS) is 23.5. The molecule has 3 aromatic rings. The van der Waals surface area contributed by atoms with E-state index in [2.05, 4.69) is 0 Å². The number of likely N-dealkylation sites (tertiary alicyclic amines) is 1. The number of para-hydroxylation sites is 1. The van der Waals surface area contributed by atoms with E-state index in [1.54, 1.807) is 35.2 Å². The maximum Gasteiger partial charge on any atom is 0.344 e. The monoisotopic (exact) mass is 405 g/mol. The summed E-state index contributed by atoms with van der Waals surface area (Å²) in [6.45, 7) is 2.26. The Bertz CT molecular complexity index is 1170. The summed E-state index contributed by atoms with van der Waals surface area (Å²) < 4.78 is 11.0. The fourth-order valence-electron chi connectivity index (χ4n) is 4.74. The molecule has 0 spiro atoms. The molecule has 5 rings (SSSR count). The summed E-state index contributed by atoms with van der Waals surface area (Å²) in [6, 6.07) is 16.3. The van der Waals surface area contributed by atoms with Crippen molar-refractivity contribution in [2.45, 2.75) is 6.42 Å². The van der Waals surface area contributed by atoms with Crippen molar-refractivity contribution in [3.63, 3.8) is 0 Å². The summed E-state index contributed by atoms with van der Waals surface area (Å²) in [7, 11) is 0. The molecular formula is C24H23NO5. The number of carbonyl (C=O) groups is 1. The number of hydrogen-bond acceptors (Lipinski definition) is 5. The summed E-state index contributed by atoms with van der Waals surface area (Å²) in [6.07, 6.45) is 0.850. The lowest BCUT2D eigenvalue weighted by Crippen LogP contribution is -2.43. The molecule has 0 aliphatic carbocycles. The number of carbonyl (C=O) groups excluding carboxylic acids is 1. The zero-order valence-electron chi connectivity index (χ0n) is 16.5. The quantitative estimate of drug-likeness (QED) is 0.678. The number of ether oxygens (including phenoxy) is 1. The number of benzene rings is 2. The summed E-state index contributed by atoms with van der Waals surface area (Å²) in [4.78, 5) is 27.6. The van der Waals surface area contributed by atoms with Gasteiger partial charge in [0.15, 0.2) is 0 Å². The van der Waals surface area contributed by atoms with Crippen LogP contribution >= 0.6 is 0 Å². The molecule has 6 heteroatoms. The third-order valence-electron chi connectivity index (χ3n) is 6.48. The first-order valence-electron chi connectivity index (χ1n) is 10.2. The average Bonchev–Trinajstić information content (AvgIpc) is 3.18. The summed E-state index contributed by atoms with van der Waals surface area (Å²) in [5.74, 6) is 0.153. The third-order valence-corrected chi connectivity index (χ3v) is 6.48. The highest BCUT2D eigenvalue weighted by atomic mass is 16.5. The van der Waals surface area contributed by atoms with Crippen molar-refractivity contribution in [3.8, 4) is 11.1 Å². The minimum atomic E-state index is -0.429. The third kappa shape index (κ3) is 3.13. The van der Waals surface area contributed by atoms with Crippen LogP contribution < -0.4 is 5.63 Å². The maximum absolute atomic E-state index is 13.2. The SMILES string of the molecule is O=C(c1cccc(-c2cc3ccccc3oc2=O)c1)N1C[C@@H]2CCOC[C@]2(CO)C1. The van der Waals surface area contributed by atoms with E-state index in [1.165, 1.54) is 0 Å². The summed E-state index contributed by atoms with van der Waals surface area (Å²) >= 11 is 0. The molecule has 6 nitrogen and oxygen atoms in total. The first-order chi connectivity index (χ1) is 14.6. The first kappa shape index (κ1) is 19.0. The Morgan fingerprint density at radius 3 is 2.87 bits per heavy atom. The molecule has 2 aliphatic heterocycles. The lowest BCUT2D eigenvalue weighted by atomic mass is 9.76. The molecule has 30 heavy (non-hydrogen) atoms. The van der Waals surface area contributed by atoms with Crippen LogP contribution in [0.3, 0.4) is 0 Å². The Morgan fingerprint density at radius 2 is 2.03 bits per heavy atom. The van der Waals surface area contributed by atoms with Crippen LogP contribution in [-0.4, -0.2) is 48.8 Å². The van der Waals surface area contributed by atoms with Crippen LogP contribution in [0.1, 0.15) is 16.8 Å². The first-order valence-corrected chi connectivity index (χ1v) is 10.2. The van der Waals surface area contributed by atoms with E-state index in [9.17, 15) is 14.7 Å². The van der Waals surface area contributed by atoms with Crippen LogP contribution in [0.2, 0.25) is 0 Å². The Labute approximate surface area is 173 Å². The van der Waals surface area contributed by atoms with E-state index in [4.69, 9.17) is 9.15 Å². The second kappa shape index (κ2) is 7.38. The second-order valence-electron chi connectivity index (χ2n) is 8.31. The van der Waals surface area contributed by atoms with Gasteiger partial charge in [0.05, 0.1) is 18.8 Å². The van der Waals surface area contributed by atoms with Gasteiger partial charge >= 0.3 is 5.63 Å².